The highest BCUT2D eigenvalue weighted by Crippen LogP contribution is 2.20. The van der Waals surface area contributed by atoms with Gasteiger partial charge in [-0.25, -0.2) is 0 Å². The number of aromatic nitrogens is 2. The summed E-state index contributed by atoms with van der Waals surface area (Å²) in [5, 5.41) is 0.710. The number of H-pyrrole nitrogens is 1. The number of likely N-dealkylation sites (tertiary alicyclic amines) is 1. The minimum Gasteiger partial charge on any atom is -0.332 e. The maximum Gasteiger partial charge on any atom is 0.262 e. The van der Waals surface area contributed by atoms with E-state index in [-0.39, 0.29) is 5.56 Å². The van der Waals surface area contributed by atoms with Crippen LogP contribution in [-0.2, 0) is 6.54 Å². The Kier molecular flexibility index (Phi) is 4.97. The molecule has 2 heterocycles. The van der Waals surface area contributed by atoms with E-state index in [1.165, 1.54) is 19.5 Å². The van der Waals surface area contributed by atoms with Gasteiger partial charge in [-0.3, -0.25) is 9.36 Å². The lowest BCUT2D eigenvalue weighted by molar-refractivity contribution is 0.138. The van der Waals surface area contributed by atoms with Crippen LogP contribution in [-0.4, -0.2) is 34.1 Å². The third-order valence-corrected chi connectivity index (χ3v) is 5.01. The number of rotatable bonds is 4. The number of nitrogens with zero attached hydrogens (tertiary/aromatic N) is 2. The molecule has 1 N–H and O–H groups in total. The van der Waals surface area contributed by atoms with Crippen LogP contribution in [0.2, 0.25) is 0 Å². The molecule has 1 aromatic carbocycles. The first-order chi connectivity index (χ1) is 11.0. The molecule has 0 bridgehead atoms. The van der Waals surface area contributed by atoms with Crippen LogP contribution < -0.4 is 5.56 Å². The summed E-state index contributed by atoms with van der Waals surface area (Å²) in [6.07, 6.45) is 2.28. The van der Waals surface area contributed by atoms with E-state index in [0.29, 0.717) is 16.7 Å². The first kappa shape index (κ1) is 16.4. The van der Waals surface area contributed by atoms with Crippen molar-refractivity contribution in [2.45, 2.75) is 33.2 Å². The Labute approximate surface area is 142 Å². The van der Waals surface area contributed by atoms with Gasteiger partial charge in [0.15, 0.2) is 4.77 Å². The number of piperidine rings is 1. The molecule has 1 aliphatic rings. The van der Waals surface area contributed by atoms with Gasteiger partial charge in [0.1, 0.15) is 0 Å². The summed E-state index contributed by atoms with van der Waals surface area (Å²) >= 11 is 5.37. The average molecular weight is 331 g/mol. The Balaban J connectivity index is 1.70. The van der Waals surface area contributed by atoms with E-state index in [2.05, 4.69) is 23.7 Å². The molecule has 0 spiro atoms. The van der Waals surface area contributed by atoms with E-state index < -0.39 is 0 Å². The molecule has 2 atom stereocenters. The monoisotopic (exact) mass is 331 g/mol. The lowest BCUT2D eigenvalue weighted by Gasteiger charge is -2.34. The van der Waals surface area contributed by atoms with Crippen molar-refractivity contribution in [2.24, 2.45) is 11.8 Å². The van der Waals surface area contributed by atoms with E-state index in [4.69, 9.17) is 12.2 Å². The lowest BCUT2D eigenvalue weighted by Crippen LogP contribution is -2.39. The molecule has 1 saturated heterocycles. The molecule has 4 nitrogen and oxygen atoms in total. The number of para-hydroxylation sites is 1. The Bertz CT molecular complexity index is 785. The predicted molar refractivity (Wildman–Crippen MR) is 97.4 cm³/mol. The molecule has 0 radical (unpaired) electrons. The van der Waals surface area contributed by atoms with E-state index in [0.717, 1.165) is 30.3 Å². The molecule has 1 fully saturated rings. The van der Waals surface area contributed by atoms with Gasteiger partial charge < -0.3 is 9.88 Å². The van der Waals surface area contributed by atoms with Crippen molar-refractivity contribution in [3.8, 4) is 0 Å². The van der Waals surface area contributed by atoms with Crippen molar-refractivity contribution in [2.75, 3.05) is 19.6 Å². The van der Waals surface area contributed by atoms with Gasteiger partial charge in [-0.15, -0.1) is 0 Å². The molecule has 0 saturated carbocycles. The SMILES string of the molecule is C[C@@H]1C[C@H](C)CN(CCCn2c(=S)[nH]c3ccccc3c2=O)C1. The van der Waals surface area contributed by atoms with Crippen molar-refractivity contribution in [1.82, 2.24) is 14.5 Å². The van der Waals surface area contributed by atoms with Crippen molar-refractivity contribution in [3.05, 3.63) is 39.4 Å². The lowest BCUT2D eigenvalue weighted by atomic mass is 9.92. The molecule has 23 heavy (non-hydrogen) atoms. The smallest absolute Gasteiger partial charge is 0.262 e. The largest absolute Gasteiger partial charge is 0.332 e. The zero-order valence-corrected chi connectivity index (χ0v) is 14.7. The van der Waals surface area contributed by atoms with Crippen molar-refractivity contribution < 1.29 is 0 Å². The second kappa shape index (κ2) is 6.97. The first-order valence-electron chi connectivity index (χ1n) is 8.49. The maximum absolute atomic E-state index is 12.6. The number of nitrogens with one attached hydrogen (secondary N) is 1. The fraction of sp³-hybridized carbons (Fsp3) is 0.556. The van der Waals surface area contributed by atoms with E-state index in [1.54, 1.807) is 4.57 Å². The molecule has 1 aliphatic heterocycles. The molecule has 0 amide bonds. The van der Waals surface area contributed by atoms with E-state index in [1.807, 2.05) is 24.3 Å². The third kappa shape index (κ3) is 3.72. The molecule has 5 heteroatoms. The molecule has 0 aliphatic carbocycles. The van der Waals surface area contributed by atoms with Crippen LogP contribution >= 0.6 is 12.2 Å². The average Bonchev–Trinajstić information content (AvgIpc) is 2.49. The molecule has 0 unspecified atom stereocenters. The van der Waals surface area contributed by atoms with Crippen LogP contribution in [0.25, 0.3) is 10.9 Å². The topological polar surface area (TPSA) is 41.0 Å². The quantitative estimate of drug-likeness (QED) is 0.873. The number of hydrogen-bond acceptors (Lipinski definition) is 3. The molecule has 124 valence electrons. The van der Waals surface area contributed by atoms with Crippen molar-refractivity contribution >= 4 is 23.1 Å². The fourth-order valence-corrected chi connectivity index (χ4v) is 4.11. The minimum absolute atomic E-state index is 0.0183. The van der Waals surface area contributed by atoms with Gasteiger partial charge in [0.2, 0.25) is 0 Å². The number of benzene rings is 1. The summed E-state index contributed by atoms with van der Waals surface area (Å²) in [7, 11) is 0. The van der Waals surface area contributed by atoms with E-state index in [9.17, 15) is 4.79 Å². The van der Waals surface area contributed by atoms with Gasteiger partial charge in [0.25, 0.3) is 5.56 Å². The highest BCUT2D eigenvalue weighted by Gasteiger charge is 2.21. The molecule has 3 rings (SSSR count). The Morgan fingerprint density at radius 1 is 1.17 bits per heavy atom. The number of hydrogen-bond donors (Lipinski definition) is 1. The second-order valence-electron chi connectivity index (χ2n) is 6.99. The summed E-state index contributed by atoms with van der Waals surface area (Å²) in [6.45, 7) is 8.70. The van der Waals surface area contributed by atoms with Gasteiger partial charge >= 0.3 is 0 Å². The second-order valence-corrected chi connectivity index (χ2v) is 7.38. The Morgan fingerprint density at radius 3 is 2.61 bits per heavy atom. The molecule has 1 aromatic heterocycles. The first-order valence-corrected chi connectivity index (χ1v) is 8.89. The fourth-order valence-electron chi connectivity index (χ4n) is 3.83. The van der Waals surface area contributed by atoms with Crippen LogP contribution in [0.4, 0.5) is 0 Å². The standard InChI is InChI=1S/C18H25N3OS/c1-13-10-14(2)12-20(11-13)8-5-9-21-17(22)15-6-3-4-7-16(15)19-18(21)23/h3-4,6-7,13-14H,5,8-12H2,1-2H3,(H,19,23)/t13-,14+. The zero-order chi connectivity index (χ0) is 16.4. The van der Waals surface area contributed by atoms with Crippen LogP contribution in [0.15, 0.2) is 29.1 Å². The highest BCUT2D eigenvalue weighted by atomic mass is 32.1. The summed E-state index contributed by atoms with van der Waals surface area (Å²) < 4.78 is 2.23. The summed E-state index contributed by atoms with van der Waals surface area (Å²) in [6, 6.07) is 7.55. The van der Waals surface area contributed by atoms with Crippen molar-refractivity contribution in [1.29, 1.82) is 0 Å². The maximum atomic E-state index is 12.6. The van der Waals surface area contributed by atoms with Gasteiger partial charge in [-0.1, -0.05) is 26.0 Å². The highest BCUT2D eigenvalue weighted by molar-refractivity contribution is 7.71. The molecular formula is C18H25N3OS. The third-order valence-electron chi connectivity index (χ3n) is 4.69. The Morgan fingerprint density at radius 2 is 1.87 bits per heavy atom. The van der Waals surface area contributed by atoms with Crippen LogP contribution in [0.1, 0.15) is 26.7 Å². The summed E-state index contributed by atoms with van der Waals surface area (Å²) in [4.78, 5) is 18.3. The minimum atomic E-state index is 0.0183. The Hall–Kier alpha value is -1.46. The predicted octanol–water partition coefficient (Wildman–Crippen LogP) is 3.43. The number of aromatic amines is 1. The zero-order valence-electron chi connectivity index (χ0n) is 13.9. The van der Waals surface area contributed by atoms with Gasteiger partial charge in [-0.2, -0.15) is 0 Å². The van der Waals surface area contributed by atoms with Gasteiger partial charge in [0, 0.05) is 19.6 Å². The van der Waals surface area contributed by atoms with E-state index >= 15 is 0 Å². The summed E-state index contributed by atoms with van der Waals surface area (Å²) in [5.74, 6) is 1.54. The van der Waals surface area contributed by atoms with Crippen LogP contribution in [0, 0.1) is 16.6 Å². The van der Waals surface area contributed by atoms with Gasteiger partial charge in [-0.05, 0) is 55.6 Å². The van der Waals surface area contributed by atoms with Crippen molar-refractivity contribution in [3.63, 3.8) is 0 Å². The molecule has 2 aromatic rings. The number of fused-ring (bicyclic) bond motifs is 1. The van der Waals surface area contributed by atoms with Gasteiger partial charge in [0.05, 0.1) is 10.9 Å². The summed E-state index contributed by atoms with van der Waals surface area (Å²) in [5.41, 5.74) is 0.835. The van der Waals surface area contributed by atoms with Crippen LogP contribution in [0.5, 0.6) is 0 Å². The normalized spacial score (nSPS) is 22.5. The van der Waals surface area contributed by atoms with Crippen LogP contribution in [0.3, 0.4) is 0 Å². The molecular weight excluding hydrogens is 306 g/mol.